The first-order chi connectivity index (χ1) is 7.92. The largest absolute Gasteiger partial charge is 0.326 e. The van der Waals surface area contributed by atoms with E-state index in [1.54, 1.807) is 0 Å². The van der Waals surface area contributed by atoms with Crippen molar-refractivity contribution in [1.82, 2.24) is 4.90 Å². The molecule has 0 heterocycles. The average Bonchev–Trinajstić information content (AvgIpc) is 2.26. The van der Waals surface area contributed by atoms with Crippen molar-refractivity contribution >= 4 is 9.84 Å². The van der Waals surface area contributed by atoms with Crippen molar-refractivity contribution in [1.29, 1.82) is 0 Å². The highest BCUT2D eigenvalue weighted by Crippen LogP contribution is 2.10. The standard InChI is InChI=1S/C12H20N2O2S/c1-14(7-8-17(2,15)16)10-12-6-4-3-5-11(12)9-13/h3-6H,7-10,13H2,1-2H3. The Morgan fingerprint density at radius 1 is 1.24 bits per heavy atom. The average molecular weight is 256 g/mol. The van der Waals surface area contributed by atoms with E-state index in [0.717, 1.165) is 17.7 Å². The fraction of sp³-hybridized carbons (Fsp3) is 0.500. The summed E-state index contributed by atoms with van der Waals surface area (Å²) >= 11 is 0. The number of nitrogens with two attached hydrogens (primary N) is 1. The van der Waals surface area contributed by atoms with E-state index < -0.39 is 9.84 Å². The number of hydrogen-bond donors (Lipinski definition) is 1. The molecular weight excluding hydrogens is 236 g/mol. The first-order valence-electron chi connectivity index (χ1n) is 5.55. The van der Waals surface area contributed by atoms with Crippen LogP contribution in [-0.2, 0) is 22.9 Å². The van der Waals surface area contributed by atoms with Crippen molar-refractivity contribution in [3.63, 3.8) is 0 Å². The number of hydrogen-bond acceptors (Lipinski definition) is 4. The van der Waals surface area contributed by atoms with Gasteiger partial charge >= 0.3 is 0 Å². The summed E-state index contributed by atoms with van der Waals surface area (Å²) in [6.45, 7) is 1.77. The lowest BCUT2D eigenvalue weighted by Gasteiger charge is -2.17. The Hall–Kier alpha value is -0.910. The summed E-state index contributed by atoms with van der Waals surface area (Å²) < 4.78 is 22.1. The van der Waals surface area contributed by atoms with Crippen LogP contribution in [0.1, 0.15) is 11.1 Å². The summed E-state index contributed by atoms with van der Waals surface area (Å²) in [4.78, 5) is 2.00. The second kappa shape index (κ2) is 6.14. The van der Waals surface area contributed by atoms with Crippen molar-refractivity contribution in [2.75, 3.05) is 25.6 Å². The van der Waals surface area contributed by atoms with Crippen LogP contribution in [0.4, 0.5) is 0 Å². The van der Waals surface area contributed by atoms with Crippen LogP contribution < -0.4 is 5.73 Å². The van der Waals surface area contributed by atoms with Crippen LogP contribution in [0.3, 0.4) is 0 Å². The zero-order chi connectivity index (χ0) is 12.9. The summed E-state index contributed by atoms with van der Waals surface area (Å²) in [6, 6.07) is 7.96. The number of rotatable bonds is 6. The van der Waals surface area contributed by atoms with Gasteiger partial charge in [-0.05, 0) is 18.2 Å². The molecule has 96 valence electrons. The monoisotopic (exact) mass is 256 g/mol. The predicted octanol–water partition coefficient (Wildman–Crippen LogP) is 0.622. The van der Waals surface area contributed by atoms with Crippen LogP contribution in [0.5, 0.6) is 0 Å². The Kier molecular flexibility index (Phi) is 5.11. The molecule has 2 N–H and O–H groups in total. The Bertz CT molecular complexity index is 457. The highest BCUT2D eigenvalue weighted by atomic mass is 32.2. The van der Waals surface area contributed by atoms with Gasteiger partial charge in [-0.2, -0.15) is 0 Å². The predicted molar refractivity (Wildman–Crippen MR) is 70.4 cm³/mol. The highest BCUT2D eigenvalue weighted by Gasteiger charge is 2.07. The number of benzene rings is 1. The molecule has 0 aliphatic rings. The third-order valence-corrected chi connectivity index (χ3v) is 3.55. The first kappa shape index (κ1) is 14.2. The van der Waals surface area contributed by atoms with E-state index in [1.807, 2.05) is 36.2 Å². The van der Waals surface area contributed by atoms with Gasteiger partial charge in [-0.25, -0.2) is 8.42 Å². The lowest BCUT2D eigenvalue weighted by Crippen LogP contribution is -2.25. The fourth-order valence-corrected chi connectivity index (χ4v) is 2.25. The maximum absolute atomic E-state index is 11.1. The van der Waals surface area contributed by atoms with Crippen molar-refractivity contribution in [2.24, 2.45) is 5.73 Å². The van der Waals surface area contributed by atoms with Gasteiger partial charge in [-0.15, -0.1) is 0 Å². The lowest BCUT2D eigenvalue weighted by atomic mass is 10.1. The van der Waals surface area contributed by atoms with Crippen LogP contribution in [0.15, 0.2) is 24.3 Å². The van der Waals surface area contributed by atoms with Gasteiger partial charge in [-0.1, -0.05) is 24.3 Å². The van der Waals surface area contributed by atoms with Crippen LogP contribution >= 0.6 is 0 Å². The first-order valence-corrected chi connectivity index (χ1v) is 7.61. The smallest absolute Gasteiger partial charge is 0.148 e. The second-order valence-electron chi connectivity index (χ2n) is 4.34. The molecule has 0 aliphatic carbocycles. The summed E-state index contributed by atoms with van der Waals surface area (Å²) in [7, 11) is -0.978. The van der Waals surface area contributed by atoms with Crippen LogP contribution in [0, 0.1) is 0 Å². The normalized spacial score (nSPS) is 12.0. The van der Waals surface area contributed by atoms with E-state index in [-0.39, 0.29) is 5.75 Å². The molecule has 1 rings (SSSR count). The quantitative estimate of drug-likeness (QED) is 0.810. The maximum atomic E-state index is 11.1. The number of nitrogens with zero attached hydrogens (tertiary/aromatic N) is 1. The SMILES string of the molecule is CN(CCS(C)(=O)=O)Cc1ccccc1CN. The lowest BCUT2D eigenvalue weighted by molar-refractivity contribution is 0.345. The van der Waals surface area contributed by atoms with Crippen molar-refractivity contribution in [3.05, 3.63) is 35.4 Å². The molecule has 0 radical (unpaired) electrons. The third kappa shape index (κ3) is 5.30. The summed E-state index contributed by atoms with van der Waals surface area (Å²) in [6.07, 6.45) is 1.26. The zero-order valence-electron chi connectivity index (χ0n) is 10.4. The topological polar surface area (TPSA) is 63.4 Å². The molecule has 0 aromatic heterocycles. The van der Waals surface area contributed by atoms with Crippen molar-refractivity contribution in [3.8, 4) is 0 Å². The van der Waals surface area contributed by atoms with E-state index in [1.165, 1.54) is 6.26 Å². The molecule has 1 aromatic rings. The molecule has 0 aliphatic heterocycles. The molecular formula is C12H20N2O2S. The Morgan fingerprint density at radius 2 is 1.82 bits per heavy atom. The van der Waals surface area contributed by atoms with Gasteiger partial charge in [0, 0.05) is 25.9 Å². The van der Waals surface area contributed by atoms with E-state index in [0.29, 0.717) is 13.1 Å². The minimum absolute atomic E-state index is 0.189. The molecule has 0 saturated heterocycles. The van der Waals surface area contributed by atoms with Gasteiger partial charge in [0.15, 0.2) is 0 Å². The van der Waals surface area contributed by atoms with Crippen LogP contribution in [-0.4, -0.2) is 38.9 Å². The summed E-state index contributed by atoms with van der Waals surface area (Å²) in [5, 5.41) is 0. The van der Waals surface area contributed by atoms with Gasteiger partial charge in [0.25, 0.3) is 0 Å². The van der Waals surface area contributed by atoms with Crippen LogP contribution in [0.25, 0.3) is 0 Å². The van der Waals surface area contributed by atoms with Crippen molar-refractivity contribution < 1.29 is 8.42 Å². The molecule has 0 bridgehead atoms. The molecule has 4 nitrogen and oxygen atoms in total. The van der Waals surface area contributed by atoms with Gasteiger partial charge < -0.3 is 10.6 Å². The molecule has 5 heteroatoms. The van der Waals surface area contributed by atoms with E-state index in [4.69, 9.17) is 5.73 Å². The van der Waals surface area contributed by atoms with Gasteiger partial charge in [0.1, 0.15) is 9.84 Å². The highest BCUT2D eigenvalue weighted by molar-refractivity contribution is 7.90. The molecule has 17 heavy (non-hydrogen) atoms. The van der Waals surface area contributed by atoms with Gasteiger partial charge in [-0.3, -0.25) is 0 Å². The Labute approximate surface area is 103 Å². The molecule has 0 spiro atoms. The Morgan fingerprint density at radius 3 is 2.35 bits per heavy atom. The number of sulfone groups is 1. The summed E-state index contributed by atoms with van der Waals surface area (Å²) in [5.74, 6) is 0.189. The molecule has 0 saturated carbocycles. The zero-order valence-corrected chi connectivity index (χ0v) is 11.2. The molecule has 0 fully saturated rings. The Balaban J connectivity index is 2.59. The molecule has 0 amide bonds. The van der Waals surface area contributed by atoms with Gasteiger partial charge in [0.05, 0.1) is 5.75 Å². The van der Waals surface area contributed by atoms with Crippen LogP contribution in [0.2, 0.25) is 0 Å². The van der Waals surface area contributed by atoms with E-state index in [9.17, 15) is 8.42 Å². The van der Waals surface area contributed by atoms with Crippen molar-refractivity contribution in [2.45, 2.75) is 13.1 Å². The fourth-order valence-electron chi connectivity index (χ4n) is 1.60. The van der Waals surface area contributed by atoms with E-state index in [2.05, 4.69) is 0 Å². The summed E-state index contributed by atoms with van der Waals surface area (Å²) in [5.41, 5.74) is 7.92. The second-order valence-corrected chi connectivity index (χ2v) is 6.60. The van der Waals surface area contributed by atoms with E-state index >= 15 is 0 Å². The third-order valence-electron chi connectivity index (χ3n) is 2.62. The molecule has 1 aromatic carbocycles. The molecule has 0 atom stereocenters. The minimum Gasteiger partial charge on any atom is -0.326 e. The van der Waals surface area contributed by atoms with Gasteiger partial charge in [0.2, 0.25) is 0 Å². The molecule has 0 unspecified atom stereocenters. The minimum atomic E-state index is -2.89. The maximum Gasteiger partial charge on any atom is 0.148 e.